The number of ether oxygens (including phenoxy) is 1. The van der Waals surface area contributed by atoms with Gasteiger partial charge in [0.25, 0.3) is 0 Å². The summed E-state index contributed by atoms with van der Waals surface area (Å²) in [7, 11) is 0. The predicted octanol–water partition coefficient (Wildman–Crippen LogP) is 1.22. The largest absolute Gasteiger partial charge is 0.381 e. The molecule has 1 N–H and O–H groups in total. The molecule has 0 aromatic heterocycles. The first-order valence-corrected chi connectivity index (χ1v) is 6.73. The SMILES string of the molecule is CC(C)C1NCN(C(C)C2CCOCC2)C1=O. The molecule has 2 heterocycles. The van der Waals surface area contributed by atoms with Crippen molar-refractivity contribution >= 4 is 5.91 Å². The van der Waals surface area contributed by atoms with E-state index in [2.05, 4.69) is 26.1 Å². The molecule has 0 aromatic rings. The molecule has 4 nitrogen and oxygen atoms in total. The molecule has 17 heavy (non-hydrogen) atoms. The van der Waals surface area contributed by atoms with Crippen LogP contribution in [-0.2, 0) is 9.53 Å². The minimum atomic E-state index is 0.0114. The first kappa shape index (κ1) is 12.8. The zero-order valence-corrected chi connectivity index (χ0v) is 11.1. The zero-order valence-electron chi connectivity index (χ0n) is 11.1. The van der Waals surface area contributed by atoms with Crippen molar-refractivity contribution < 1.29 is 9.53 Å². The van der Waals surface area contributed by atoms with E-state index < -0.39 is 0 Å². The molecule has 2 unspecified atom stereocenters. The second-order valence-electron chi connectivity index (χ2n) is 5.58. The molecule has 2 rings (SSSR count). The van der Waals surface area contributed by atoms with Gasteiger partial charge in [-0.3, -0.25) is 10.1 Å². The van der Waals surface area contributed by atoms with Crippen LogP contribution in [-0.4, -0.2) is 42.8 Å². The number of carbonyl (C=O) groups is 1. The van der Waals surface area contributed by atoms with Crippen LogP contribution < -0.4 is 5.32 Å². The van der Waals surface area contributed by atoms with Gasteiger partial charge in [0.2, 0.25) is 5.91 Å². The Morgan fingerprint density at radius 1 is 1.29 bits per heavy atom. The quantitative estimate of drug-likeness (QED) is 0.806. The summed E-state index contributed by atoms with van der Waals surface area (Å²) in [5.74, 6) is 1.24. The van der Waals surface area contributed by atoms with Crippen LogP contribution in [0, 0.1) is 11.8 Å². The van der Waals surface area contributed by atoms with Crippen molar-refractivity contribution in [3.05, 3.63) is 0 Å². The van der Waals surface area contributed by atoms with Crippen LogP contribution >= 0.6 is 0 Å². The van der Waals surface area contributed by atoms with E-state index in [1.54, 1.807) is 0 Å². The van der Waals surface area contributed by atoms with Crippen molar-refractivity contribution in [1.82, 2.24) is 10.2 Å². The van der Waals surface area contributed by atoms with Crippen molar-refractivity contribution in [2.75, 3.05) is 19.9 Å². The second kappa shape index (κ2) is 5.36. The Balaban J connectivity index is 1.96. The Kier molecular flexibility index (Phi) is 4.05. The Morgan fingerprint density at radius 3 is 2.47 bits per heavy atom. The molecule has 1 amide bonds. The number of carbonyl (C=O) groups excluding carboxylic acids is 1. The van der Waals surface area contributed by atoms with E-state index in [1.807, 2.05) is 4.90 Å². The smallest absolute Gasteiger partial charge is 0.241 e. The fourth-order valence-electron chi connectivity index (χ4n) is 2.86. The average Bonchev–Trinajstić information content (AvgIpc) is 2.71. The summed E-state index contributed by atoms with van der Waals surface area (Å²) < 4.78 is 5.38. The Morgan fingerprint density at radius 2 is 1.94 bits per heavy atom. The minimum absolute atomic E-state index is 0.0114. The maximum atomic E-state index is 12.3. The van der Waals surface area contributed by atoms with Gasteiger partial charge in [-0.2, -0.15) is 0 Å². The molecule has 2 saturated heterocycles. The fraction of sp³-hybridized carbons (Fsp3) is 0.923. The van der Waals surface area contributed by atoms with Crippen LogP contribution in [0.1, 0.15) is 33.6 Å². The van der Waals surface area contributed by atoms with Gasteiger partial charge in [0, 0.05) is 19.3 Å². The van der Waals surface area contributed by atoms with Gasteiger partial charge < -0.3 is 9.64 Å². The first-order chi connectivity index (χ1) is 8.11. The van der Waals surface area contributed by atoms with Crippen LogP contribution in [0.25, 0.3) is 0 Å². The summed E-state index contributed by atoms with van der Waals surface area (Å²) in [5, 5.41) is 3.32. The number of nitrogens with zero attached hydrogens (tertiary/aromatic N) is 1. The minimum Gasteiger partial charge on any atom is -0.381 e. The van der Waals surface area contributed by atoms with Gasteiger partial charge in [-0.1, -0.05) is 13.8 Å². The van der Waals surface area contributed by atoms with Crippen LogP contribution in [0.5, 0.6) is 0 Å². The number of hydrogen-bond donors (Lipinski definition) is 1. The van der Waals surface area contributed by atoms with Crippen LogP contribution in [0.3, 0.4) is 0 Å². The van der Waals surface area contributed by atoms with Crippen LogP contribution in [0.4, 0.5) is 0 Å². The number of hydrogen-bond acceptors (Lipinski definition) is 3. The lowest BCUT2D eigenvalue weighted by Gasteiger charge is -2.34. The maximum absolute atomic E-state index is 12.3. The third kappa shape index (κ3) is 2.63. The number of nitrogens with one attached hydrogen (secondary N) is 1. The molecule has 2 aliphatic rings. The molecular formula is C13H24N2O2. The predicted molar refractivity (Wildman–Crippen MR) is 66.5 cm³/mol. The van der Waals surface area contributed by atoms with Crippen molar-refractivity contribution in [1.29, 1.82) is 0 Å². The van der Waals surface area contributed by atoms with Gasteiger partial charge >= 0.3 is 0 Å². The molecule has 4 heteroatoms. The Bertz CT molecular complexity index is 275. The van der Waals surface area contributed by atoms with E-state index in [0.717, 1.165) is 26.1 Å². The zero-order chi connectivity index (χ0) is 12.4. The molecule has 98 valence electrons. The van der Waals surface area contributed by atoms with Crippen molar-refractivity contribution in [3.63, 3.8) is 0 Å². The van der Waals surface area contributed by atoms with Crippen LogP contribution in [0.2, 0.25) is 0 Å². The highest BCUT2D eigenvalue weighted by atomic mass is 16.5. The molecule has 0 spiro atoms. The molecule has 2 aliphatic heterocycles. The van der Waals surface area contributed by atoms with Crippen molar-refractivity contribution in [2.45, 2.75) is 45.7 Å². The van der Waals surface area contributed by atoms with Gasteiger partial charge in [0.1, 0.15) is 0 Å². The molecular weight excluding hydrogens is 216 g/mol. The Labute approximate surface area is 104 Å². The molecule has 0 aliphatic carbocycles. The van der Waals surface area contributed by atoms with Gasteiger partial charge in [-0.25, -0.2) is 0 Å². The fourth-order valence-corrected chi connectivity index (χ4v) is 2.86. The Hall–Kier alpha value is -0.610. The van der Waals surface area contributed by atoms with E-state index in [-0.39, 0.29) is 11.9 Å². The van der Waals surface area contributed by atoms with E-state index in [4.69, 9.17) is 4.74 Å². The number of rotatable bonds is 3. The summed E-state index contributed by atoms with van der Waals surface area (Å²) in [4.78, 5) is 14.3. The average molecular weight is 240 g/mol. The lowest BCUT2D eigenvalue weighted by Crippen LogP contribution is -2.43. The van der Waals surface area contributed by atoms with Crippen LogP contribution in [0.15, 0.2) is 0 Å². The molecule has 0 bridgehead atoms. The lowest BCUT2D eigenvalue weighted by molar-refractivity contribution is -0.132. The van der Waals surface area contributed by atoms with Gasteiger partial charge in [-0.05, 0) is 31.6 Å². The van der Waals surface area contributed by atoms with Gasteiger partial charge in [0.05, 0.1) is 12.7 Å². The highest BCUT2D eigenvalue weighted by Crippen LogP contribution is 2.25. The van der Waals surface area contributed by atoms with E-state index in [1.165, 1.54) is 0 Å². The summed E-state index contributed by atoms with van der Waals surface area (Å²) in [5.41, 5.74) is 0. The maximum Gasteiger partial charge on any atom is 0.241 e. The van der Waals surface area contributed by atoms with E-state index in [0.29, 0.717) is 24.5 Å². The lowest BCUT2D eigenvalue weighted by atomic mass is 9.91. The normalized spacial score (nSPS) is 29.1. The standard InChI is InChI=1S/C13H24N2O2/c1-9(2)12-13(16)15(8-14-12)10(3)11-4-6-17-7-5-11/h9-12,14H,4-8H2,1-3H3. The monoisotopic (exact) mass is 240 g/mol. The molecule has 0 radical (unpaired) electrons. The highest BCUT2D eigenvalue weighted by molar-refractivity contribution is 5.84. The van der Waals surface area contributed by atoms with E-state index in [9.17, 15) is 4.79 Å². The van der Waals surface area contributed by atoms with E-state index >= 15 is 0 Å². The first-order valence-electron chi connectivity index (χ1n) is 6.73. The van der Waals surface area contributed by atoms with Gasteiger partial charge in [-0.15, -0.1) is 0 Å². The molecule has 2 atom stereocenters. The van der Waals surface area contributed by atoms with Gasteiger partial charge in [0.15, 0.2) is 0 Å². The van der Waals surface area contributed by atoms with Crippen molar-refractivity contribution in [2.24, 2.45) is 11.8 Å². The molecule has 0 aromatic carbocycles. The summed E-state index contributed by atoms with van der Waals surface area (Å²) in [6, 6.07) is 0.347. The third-order valence-electron chi connectivity index (χ3n) is 4.14. The third-order valence-corrected chi connectivity index (χ3v) is 4.14. The summed E-state index contributed by atoms with van der Waals surface area (Å²) in [6.45, 7) is 8.77. The second-order valence-corrected chi connectivity index (χ2v) is 5.58. The molecule has 2 fully saturated rings. The highest BCUT2D eigenvalue weighted by Gasteiger charge is 2.38. The summed E-state index contributed by atoms with van der Waals surface area (Å²) >= 11 is 0. The summed E-state index contributed by atoms with van der Waals surface area (Å²) in [6.07, 6.45) is 2.16. The van der Waals surface area contributed by atoms with Crippen molar-refractivity contribution in [3.8, 4) is 0 Å². The topological polar surface area (TPSA) is 41.6 Å². The molecule has 0 saturated carbocycles. The number of amides is 1.